The third-order valence-electron chi connectivity index (χ3n) is 2.89. The molecule has 0 aromatic carbocycles. The minimum Gasteiger partial charge on any atom is -0.481 e. The van der Waals surface area contributed by atoms with Gasteiger partial charge in [-0.05, 0) is 7.05 Å². The Bertz CT molecular complexity index is 511. The quantitative estimate of drug-likeness (QED) is 0.843. The predicted molar refractivity (Wildman–Crippen MR) is 67.3 cm³/mol. The van der Waals surface area contributed by atoms with Crippen LogP contribution in [-0.4, -0.2) is 33.7 Å². The van der Waals surface area contributed by atoms with Gasteiger partial charge in [-0.15, -0.1) is 0 Å². The molecule has 0 bridgehead atoms. The molecule has 0 spiro atoms. The number of hydrogen-bond donors (Lipinski definition) is 1. The number of ether oxygens (including phenoxy) is 1. The summed E-state index contributed by atoms with van der Waals surface area (Å²) in [5.74, 6) is 1.58. The van der Waals surface area contributed by atoms with Crippen molar-refractivity contribution in [2.24, 2.45) is 7.05 Å². The van der Waals surface area contributed by atoms with Gasteiger partial charge in [-0.3, -0.25) is 0 Å². The normalized spacial score (nSPS) is 12.4. The van der Waals surface area contributed by atoms with Crippen LogP contribution in [0.1, 0.15) is 17.6 Å². The van der Waals surface area contributed by atoms with Gasteiger partial charge in [0.1, 0.15) is 12.2 Å². The smallest absolute Gasteiger partial charge is 0.216 e. The van der Waals surface area contributed by atoms with Crippen LogP contribution in [0.5, 0.6) is 5.88 Å². The monoisotopic (exact) mass is 247 g/mol. The maximum absolute atomic E-state index is 5.11. The van der Waals surface area contributed by atoms with Crippen LogP contribution in [0.4, 0.5) is 0 Å². The van der Waals surface area contributed by atoms with Crippen molar-refractivity contribution in [2.75, 3.05) is 14.2 Å². The zero-order valence-corrected chi connectivity index (χ0v) is 10.8. The number of hydrogen-bond acceptors (Lipinski definition) is 5. The molecule has 6 heteroatoms. The molecule has 2 aromatic rings. The fourth-order valence-electron chi connectivity index (χ4n) is 1.79. The van der Waals surface area contributed by atoms with E-state index in [-0.39, 0.29) is 6.04 Å². The molecule has 2 aromatic heterocycles. The van der Waals surface area contributed by atoms with Gasteiger partial charge < -0.3 is 14.6 Å². The number of nitrogens with one attached hydrogen (secondary N) is 1. The minimum atomic E-state index is 0.0861. The van der Waals surface area contributed by atoms with Crippen molar-refractivity contribution < 1.29 is 4.74 Å². The number of aromatic nitrogens is 4. The second-order valence-corrected chi connectivity index (χ2v) is 3.98. The molecule has 0 aliphatic rings. The summed E-state index contributed by atoms with van der Waals surface area (Å²) in [5, 5.41) is 3.24. The average Bonchev–Trinajstić information content (AvgIpc) is 2.81. The molecule has 0 aliphatic heterocycles. The Morgan fingerprint density at radius 3 is 2.83 bits per heavy atom. The molecule has 0 saturated heterocycles. The number of rotatable bonds is 5. The Kier molecular flexibility index (Phi) is 3.88. The van der Waals surface area contributed by atoms with Crippen LogP contribution in [0.3, 0.4) is 0 Å². The summed E-state index contributed by atoms with van der Waals surface area (Å²) in [4.78, 5) is 12.6. The molecular weight excluding hydrogens is 230 g/mol. The number of nitrogens with zero attached hydrogens (tertiary/aromatic N) is 4. The largest absolute Gasteiger partial charge is 0.481 e. The summed E-state index contributed by atoms with van der Waals surface area (Å²) in [5.41, 5.74) is 0.896. The lowest BCUT2D eigenvalue weighted by Crippen LogP contribution is -2.21. The van der Waals surface area contributed by atoms with Crippen molar-refractivity contribution in [1.82, 2.24) is 24.8 Å². The standard InChI is InChI=1S/C12H17N5O/c1-13-9(6-11-14-4-5-17(11)2)10-7-12(18-3)16-8-15-10/h4-5,7-9,13H,6H2,1-3H3. The van der Waals surface area contributed by atoms with Crippen LogP contribution >= 0.6 is 0 Å². The van der Waals surface area contributed by atoms with Gasteiger partial charge in [0, 0.05) is 31.9 Å². The predicted octanol–water partition coefficient (Wildman–Crippen LogP) is 0.722. The van der Waals surface area contributed by atoms with Crippen molar-refractivity contribution in [3.05, 3.63) is 36.3 Å². The van der Waals surface area contributed by atoms with E-state index in [1.54, 1.807) is 13.3 Å². The first-order valence-electron chi connectivity index (χ1n) is 5.74. The first-order valence-corrected chi connectivity index (χ1v) is 5.74. The van der Waals surface area contributed by atoms with Crippen LogP contribution in [0, 0.1) is 0 Å². The number of imidazole rings is 1. The molecule has 0 amide bonds. The Morgan fingerprint density at radius 1 is 1.39 bits per heavy atom. The lowest BCUT2D eigenvalue weighted by molar-refractivity contribution is 0.394. The number of aryl methyl sites for hydroxylation is 1. The highest BCUT2D eigenvalue weighted by Crippen LogP contribution is 2.17. The molecule has 96 valence electrons. The highest BCUT2D eigenvalue weighted by atomic mass is 16.5. The van der Waals surface area contributed by atoms with E-state index in [9.17, 15) is 0 Å². The molecule has 0 aliphatic carbocycles. The van der Waals surface area contributed by atoms with Crippen LogP contribution in [0.15, 0.2) is 24.8 Å². The van der Waals surface area contributed by atoms with E-state index in [4.69, 9.17) is 4.74 Å². The molecule has 6 nitrogen and oxygen atoms in total. The summed E-state index contributed by atoms with van der Waals surface area (Å²) in [6.07, 6.45) is 6.00. The molecule has 18 heavy (non-hydrogen) atoms. The fraction of sp³-hybridized carbons (Fsp3) is 0.417. The van der Waals surface area contributed by atoms with E-state index >= 15 is 0 Å². The van der Waals surface area contributed by atoms with Gasteiger partial charge in [0.15, 0.2) is 0 Å². The van der Waals surface area contributed by atoms with E-state index in [1.807, 2.05) is 30.9 Å². The fourth-order valence-corrected chi connectivity index (χ4v) is 1.79. The van der Waals surface area contributed by atoms with Crippen molar-refractivity contribution in [3.8, 4) is 5.88 Å². The highest BCUT2D eigenvalue weighted by molar-refractivity contribution is 5.17. The van der Waals surface area contributed by atoms with Gasteiger partial charge >= 0.3 is 0 Å². The lowest BCUT2D eigenvalue weighted by atomic mass is 10.1. The van der Waals surface area contributed by atoms with E-state index in [1.165, 1.54) is 6.33 Å². The van der Waals surface area contributed by atoms with Gasteiger partial charge in [-0.25, -0.2) is 15.0 Å². The van der Waals surface area contributed by atoms with E-state index in [2.05, 4.69) is 20.3 Å². The molecule has 2 rings (SSSR count). The van der Waals surface area contributed by atoms with E-state index in [0.29, 0.717) is 5.88 Å². The summed E-state index contributed by atoms with van der Waals surface area (Å²) in [7, 11) is 5.48. The van der Waals surface area contributed by atoms with E-state index < -0.39 is 0 Å². The molecule has 0 saturated carbocycles. The summed E-state index contributed by atoms with van der Waals surface area (Å²) >= 11 is 0. The number of methoxy groups -OCH3 is 1. The van der Waals surface area contributed by atoms with Gasteiger partial charge in [0.2, 0.25) is 5.88 Å². The Morgan fingerprint density at radius 2 is 2.22 bits per heavy atom. The molecule has 1 N–H and O–H groups in total. The Labute approximate surface area is 106 Å². The zero-order valence-electron chi connectivity index (χ0n) is 10.8. The molecule has 1 unspecified atom stereocenters. The Hall–Kier alpha value is -1.95. The van der Waals surface area contributed by atoms with E-state index in [0.717, 1.165) is 17.9 Å². The highest BCUT2D eigenvalue weighted by Gasteiger charge is 2.15. The maximum Gasteiger partial charge on any atom is 0.216 e. The third-order valence-corrected chi connectivity index (χ3v) is 2.89. The summed E-state index contributed by atoms with van der Waals surface area (Å²) in [6.45, 7) is 0. The van der Waals surface area contributed by atoms with Crippen LogP contribution < -0.4 is 10.1 Å². The first-order chi connectivity index (χ1) is 8.74. The van der Waals surface area contributed by atoms with Gasteiger partial charge in [-0.2, -0.15) is 0 Å². The topological polar surface area (TPSA) is 64.9 Å². The molecule has 0 radical (unpaired) electrons. The summed E-state index contributed by atoms with van der Waals surface area (Å²) in [6, 6.07) is 1.92. The SMILES string of the molecule is CNC(Cc1nccn1C)c1cc(OC)ncn1. The van der Waals surface area contributed by atoms with Crippen molar-refractivity contribution >= 4 is 0 Å². The first kappa shape index (κ1) is 12.5. The second kappa shape index (κ2) is 5.59. The molecular formula is C12H17N5O. The summed E-state index contributed by atoms with van der Waals surface area (Å²) < 4.78 is 7.11. The Balaban J connectivity index is 2.20. The van der Waals surface area contributed by atoms with Gasteiger partial charge in [-0.1, -0.05) is 0 Å². The van der Waals surface area contributed by atoms with Gasteiger partial charge in [0.05, 0.1) is 18.8 Å². The molecule has 1 atom stereocenters. The van der Waals surface area contributed by atoms with Crippen molar-refractivity contribution in [3.63, 3.8) is 0 Å². The maximum atomic E-state index is 5.11. The van der Waals surface area contributed by atoms with Crippen molar-refractivity contribution in [1.29, 1.82) is 0 Å². The van der Waals surface area contributed by atoms with Crippen LogP contribution in [0.2, 0.25) is 0 Å². The third kappa shape index (κ3) is 2.65. The lowest BCUT2D eigenvalue weighted by Gasteiger charge is -2.15. The minimum absolute atomic E-state index is 0.0861. The number of likely N-dealkylation sites (N-methyl/N-ethyl adjacent to an activating group) is 1. The zero-order chi connectivity index (χ0) is 13.0. The van der Waals surface area contributed by atoms with Crippen LogP contribution in [-0.2, 0) is 13.5 Å². The molecule has 0 fully saturated rings. The van der Waals surface area contributed by atoms with Crippen molar-refractivity contribution in [2.45, 2.75) is 12.5 Å². The van der Waals surface area contributed by atoms with Gasteiger partial charge in [0.25, 0.3) is 0 Å². The second-order valence-electron chi connectivity index (χ2n) is 3.98. The molecule has 2 heterocycles. The van der Waals surface area contributed by atoms with Crippen LogP contribution in [0.25, 0.3) is 0 Å². The average molecular weight is 247 g/mol.